The maximum atomic E-state index is 13.2. The smallest absolute Gasteiger partial charge is 0.393 e. The number of nitrogens with zero attached hydrogens (tertiary/aromatic N) is 4. The zero-order chi connectivity index (χ0) is 26.4. The molecule has 2 aromatic rings. The number of esters is 1. The third-order valence-corrected chi connectivity index (χ3v) is 4.88. The molecule has 0 radical (unpaired) electrons. The monoisotopic (exact) mass is 497 g/mol. The number of alkyl halides is 3. The molecule has 0 aliphatic carbocycles. The van der Waals surface area contributed by atoms with Crippen molar-refractivity contribution in [2.75, 3.05) is 23.3 Å². The largest absolute Gasteiger partial charge is 0.458 e. The molecule has 0 bridgehead atoms. The highest BCUT2D eigenvalue weighted by Gasteiger charge is 2.32. The molecule has 0 aliphatic rings. The molecular formula is C23H30F3N5O4. The third kappa shape index (κ3) is 8.69. The Bertz CT molecular complexity index is 1020. The van der Waals surface area contributed by atoms with E-state index in [-0.39, 0.29) is 29.4 Å². The van der Waals surface area contributed by atoms with Crippen molar-refractivity contribution in [2.24, 2.45) is 0 Å². The van der Waals surface area contributed by atoms with Gasteiger partial charge < -0.3 is 15.0 Å². The van der Waals surface area contributed by atoms with E-state index in [0.29, 0.717) is 18.7 Å². The molecule has 1 aromatic heterocycles. The zero-order valence-electron chi connectivity index (χ0n) is 20.3. The maximum absolute atomic E-state index is 13.2. The Balaban J connectivity index is 2.47. The lowest BCUT2D eigenvalue weighted by molar-refractivity contribution is -0.384. The van der Waals surface area contributed by atoms with Gasteiger partial charge in [-0.05, 0) is 40.2 Å². The number of nitro groups is 1. The fourth-order valence-electron chi connectivity index (χ4n) is 3.25. The second-order valence-electron chi connectivity index (χ2n) is 8.87. The van der Waals surface area contributed by atoms with Gasteiger partial charge in [-0.3, -0.25) is 10.1 Å². The number of benzene rings is 1. The van der Waals surface area contributed by atoms with E-state index in [0.717, 1.165) is 6.20 Å². The van der Waals surface area contributed by atoms with Gasteiger partial charge in [-0.15, -0.1) is 0 Å². The van der Waals surface area contributed by atoms with Crippen molar-refractivity contribution in [1.82, 2.24) is 9.97 Å². The lowest BCUT2D eigenvalue weighted by Crippen LogP contribution is -2.39. The summed E-state index contributed by atoms with van der Waals surface area (Å²) in [7, 11) is 0. The van der Waals surface area contributed by atoms with Gasteiger partial charge in [0.2, 0.25) is 5.95 Å². The summed E-state index contributed by atoms with van der Waals surface area (Å²) in [5.74, 6) is -0.601. The SMILES string of the molecule is CCN(CC)c1ncc(CC(F)(F)F)c(N[C@@H](Cc2ccc([N+](=O)[O-])cc2)C(=O)OC(C)(C)C)n1. The molecule has 12 heteroatoms. The van der Waals surface area contributed by atoms with Crippen LogP contribution < -0.4 is 10.2 Å². The molecule has 35 heavy (non-hydrogen) atoms. The number of carbonyl (C=O) groups is 1. The average molecular weight is 498 g/mol. The second-order valence-corrected chi connectivity index (χ2v) is 8.87. The summed E-state index contributed by atoms with van der Waals surface area (Å²) in [4.78, 5) is 33.5. The number of ether oxygens (including phenoxy) is 1. The standard InChI is InChI=1S/C23H30F3N5O4/c1-6-30(7-2)21-27-14-16(13-23(24,25)26)19(29-21)28-18(20(32)35-22(3,4)5)12-15-8-10-17(11-9-15)31(33)34/h8-11,14,18H,6-7,12-13H2,1-5H3,(H,27,28,29)/t18-/m0/s1. The van der Waals surface area contributed by atoms with Gasteiger partial charge in [0.05, 0.1) is 11.3 Å². The minimum atomic E-state index is -4.52. The van der Waals surface area contributed by atoms with Gasteiger partial charge in [0.25, 0.3) is 5.69 Å². The van der Waals surface area contributed by atoms with Crippen molar-refractivity contribution in [2.45, 2.75) is 65.3 Å². The predicted octanol–water partition coefficient (Wildman–Crippen LogP) is 4.70. The Morgan fingerprint density at radius 2 is 1.77 bits per heavy atom. The normalized spacial score (nSPS) is 12.7. The van der Waals surface area contributed by atoms with Crippen LogP contribution in [0.4, 0.5) is 30.6 Å². The van der Waals surface area contributed by atoms with Crippen LogP contribution in [0.5, 0.6) is 0 Å². The Hall–Kier alpha value is -3.44. The van der Waals surface area contributed by atoms with Crippen LogP contribution in [-0.4, -0.2) is 51.8 Å². The van der Waals surface area contributed by atoms with E-state index in [1.807, 2.05) is 13.8 Å². The van der Waals surface area contributed by atoms with E-state index in [1.54, 1.807) is 25.7 Å². The van der Waals surface area contributed by atoms with Crippen LogP contribution in [0.3, 0.4) is 0 Å². The Morgan fingerprint density at radius 3 is 2.26 bits per heavy atom. The van der Waals surface area contributed by atoms with Crippen molar-refractivity contribution in [3.8, 4) is 0 Å². The summed E-state index contributed by atoms with van der Waals surface area (Å²) >= 11 is 0. The molecule has 1 heterocycles. The summed E-state index contributed by atoms with van der Waals surface area (Å²) in [5, 5.41) is 13.8. The number of aromatic nitrogens is 2. The second kappa shape index (κ2) is 11.3. The Labute approximate surface area is 201 Å². The number of rotatable bonds is 10. The van der Waals surface area contributed by atoms with Gasteiger partial charge in [-0.2, -0.15) is 18.2 Å². The van der Waals surface area contributed by atoms with E-state index in [9.17, 15) is 28.1 Å². The molecular weight excluding hydrogens is 467 g/mol. The molecule has 9 nitrogen and oxygen atoms in total. The molecule has 0 amide bonds. The molecule has 1 N–H and O–H groups in total. The van der Waals surface area contributed by atoms with Crippen molar-refractivity contribution in [3.63, 3.8) is 0 Å². The first-order chi connectivity index (χ1) is 16.2. The molecule has 1 atom stereocenters. The van der Waals surface area contributed by atoms with E-state index in [4.69, 9.17) is 4.74 Å². The molecule has 192 valence electrons. The van der Waals surface area contributed by atoms with Crippen LogP contribution >= 0.6 is 0 Å². The number of hydrogen-bond donors (Lipinski definition) is 1. The topological polar surface area (TPSA) is 110 Å². The van der Waals surface area contributed by atoms with Gasteiger partial charge in [0, 0.05) is 43.4 Å². The average Bonchev–Trinajstić information content (AvgIpc) is 2.74. The van der Waals surface area contributed by atoms with Crippen LogP contribution in [0.2, 0.25) is 0 Å². The molecule has 0 spiro atoms. The molecule has 0 fully saturated rings. The third-order valence-electron chi connectivity index (χ3n) is 4.88. The van der Waals surface area contributed by atoms with Crippen molar-refractivity contribution >= 4 is 23.4 Å². The van der Waals surface area contributed by atoms with Crippen molar-refractivity contribution < 1.29 is 27.6 Å². The molecule has 1 aromatic carbocycles. The molecule has 0 saturated heterocycles. The van der Waals surface area contributed by atoms with E-state index in [1.165, 1.54) is 24.3 Å². The fourth-order valence-corrected chi connectivity index (χ4v) is 3.25. The van der Waals surface area contributed by atoms with Crippen LogP contribution in [-0.2, 0) is 22.4 Å². The quantitative estimate of drug-likeness (QED) is 0.286. The van der Waals surface area contributed by atoms with Crippen molar-refractivity contribution in [3.05, 3.63) is 51.7 Å². The lowest BCUT2D eigenvalue weighted by atomic mass is 10.0. The summed E-state index contributed by atoms with van der Waals surface area (Å²) in [6.07, 6.45) is -4.69. The van der Waals surface area contributed by atoms with Gasteiger partial charge in [0.15, 0.2) is 0 Å². The lowest BCUT2D eigenvalue weighted by Gasteiger charge is -2.26. The van der Waals surface area contributed by atoms with Gasteiger partial charge in [-0.25, -0.2) is 9.78 Å². The predicted molar refractivity (Wildman–Crippen MR) is 125 cm³/mol. The summed E-state index contributed by atoms with van der Waals surface area (Å²) in [6.45, 7) is 9.81. The first kappa shape index (κ1) is 27.8. The van der Waals surface area contributed by atoms with Crippen LogP contribution in [0.1, 0.15) is 45.7 Å². The maximum Gasteiger partial charge on any atom is 0.393 e. The summed E-state index contributed by atoms with van der Waals surface area (Å²) in [5.41, 5.74) is -0.637. The number of anilines is 2. The van der Waals surface area contributed by atoms with E-state index >= 15 is 0 Å². The highest BCUT2D eigenvalue weighted by atomic mass is 19.4. The number of nitrogens with one attached hydrogen (secondary N) is 1. The molecule has 0 unspecified atom stereocenters. The Morgan fingerprint density at radius 1 is 1.17 bits per heavy atom. The highest BCUT2D eigenvalue weighted by molar-refractivity contribution is 5.80. The minimum Gasteiger partial charge on any atom is -0.458 e. The number of halogens is 3. The van der Waals surface area contributed by atoms with Crippen LogP contribution in [0.15, 0.2) is 30.5 Å². The van der Waals surface area contributed by atoms with Gasteiger partial charge >= 0.3 is 12.1 Å². The first-order valence-corrected chi connectivity index (χ1v) is 11.1. The summed E-state index contributed by atoms with van der Waals surface area (Å²) in [6, 6.07) is 4.44. The fraction of sp³-hybridized carbons (Fsp3) is 0.522. The van der Waals surface area contributed by atoms with Crippen LogP contribution in [0, 0.1) is 10.1 Å². The molecule has 0 aliphatic heterocycles. The van der Waals surface area contributed by atoms with Gasteiger partial charge in [0.1, 0.15) is 17.5 Å². The van der Waals surface area contributed by atoms with Gasteiger partial charge in [-0.1, -0.05) is 12.1 Å². The Kier molecular flexibility index (Phi) is 9.00. The summed E-state index contributed by atoms with van der Waals surface area (Å²) < 4.78 is 45.2. The van der Waals surface area contributed by atoms with Crippen molar-refractivity contribution in [1.29, 1.82) is 0 Å². The number of non-ortho nitro benzene ring substituents is 1. The zero-order valence-corrected chi connectivity index (χ0v) is 20.3. The van der Waals surface area contributed by atoms with Crippen LogP contribution in [0.25, 0.3) is 0 Å². The molecule has 0 saturated carbocycles. The van der Waals surface area contributed by atoms with E-state index in [2.05, 4.69) is 15.3 Å². The van der Waals surface area contributed by atoms with E-state index < -0.39 is 35.1 Å². The first-order valence-electron chi connectivity index (χ1n) is 11.1. The number of hydrogen-bond acceptors (Lipinski definition) is 8. The molecule has 2 rings (SSSR count). The number of nitro benzene ring substituents is 1. The number of carbonyl (C=O) groups excluding carboxylic acids is 1. The highest BCUT2D eigenvalue weighted by Crippen LogP contribution is 2.27. The minimum absolute atomic E-state index is 0.00295.